The normalized spacial score (nSPS) is 10.5. The van der Waals surface area contributed by atoms with Crippen molar-refractivity contribution in [3.63, 3.8) is 0 Å². The first-order valence-corrected chi connectivity index (χ1v) is 7.70. The molecule has 0 aliphatic heterocycles. The Labute approximate surface area is 142 Å². The maximum Gasteiger partial charge on any atom is 0.240 e. The number of carbonyl (C=O) groups excluding carboxylic acids is 2. The summed E-state index contributed by atoms with van der Waals surface area (Å²) in [7, 11) is 0. The number of anilines is 1. The van der Waals surface area contributed by atoms with Gasteiger partial charge in [0.1, 0.15) is 0 Å². The van der Waals surface area contributed by atoms with Crippen molar-refractivity contribution >= 4 is 39.6 Å². The van der Waals surface area contributed by atoms with E-state index in [-0.39, 0.29) is 24.7 Å². The summed E-state index contributed by atoms with van der Waals surface area (Å²) in [6.45, 7) is 0. The van der Waals surface area contributed by atoms with Crippen LogP contribution >= 0.6 is 15.9 Å². The van der Waals surface area contributed by atoms with Crippen molar-refractivity contribution in [1.29, 1.82) is 0 Å². The smallest absolute Gasteiger partial charge is 0.240 e. The summed E-state index contributed by atoms with van der Waals surface area (Å²) in [6, 6.07) is 10.8. The zero-order valence-corrected chi connectivity index (χ0v) is 13.8. The van der Waals surface area contributed by atoms with Crippen molar-refractivity contribution in [2.45, 2.75) is 12.8 Å². The van der Waals surface area contributed by atoms with Crippen molar-refractivity contribution in [1.82, 2.24) is 10.4 Å². The topological polar surface area (TPSA) is 83.5 Å². The van der Waals surface area contributed by atoms with Gasteiger partial charge >= 0.3 is 0 Å². The molecule has 2 aromatic rings. The first-order chi connectivity index (χ1) is 11.1. The Balaban J connectivity index is 1.70. The summed E-state index contributed by atoms with van der Waals surface area (Å²) >= 11 is 3.32. The fourth-order valence-corrected chi connectivity index (χ4v) is 1.94. The van der Waals surface area contributed by atoms with E-state index in [2.05, 4.69) is 36.8 Å². The zero-order valence-electron chi connectivity index (χ0n) is 12.2. The predicted molar refractivity (Wildman–Crippen MR) is 92.0 cm³/mol. The number of hydrogen-bond donors (Lipinski definition) is 2. The Bertz CT molecular complexity index is 687. The van der Waals surface area contributed by atoms with Crippen molar-refractivity contribution < 1.29 is 9.59 Å². The molecule has 0 unspecified atom stereocenters. The van der Waals surface area contributed by atoms with E-state index in [0.29, 0.717) is 5.69 Å². The second kappa shape index (κ2) is 8.79. The highest BCUT2D eigenvalue weighted by Crippen LogP contribution is 2.14. The van der Waals surface area contributed by atoms with Crippen molar-refractivity contribution in [3.8, 4) is 0 Å². The number of pyridine rings is 1. The average Bonchev–Trinajstić information content (AvgIpc) is 2.56. The Morgan fingerprint density at radius 1 is 1.13 bits per heavy atom. The van der Waals surface area contributed by atoms with Gasteiger partial charge in [0.05, 0.1) is 6.21 Å². The van der Waals surface area contributed by atoms with Crippen LogP contribution in [0.5, 0.6) is 0 Å². The second-order valence-electron chi connectivity index (χ2n) is 4.63. The molecule has 0 saturated heterocycles. The van der Waals surface area contributed by atoms with Gasteiger partial charge in [0.15, 0.2) is 0 Å². The number of carbonyl (C=O) groups is 2. The number of nitrogens with zero attached hydrogens (tertiary/aromatic N) is 2. The summed E-state index contributed by atoms with van der Waals surface area (Å²) in [5.74, 6) is -0.546. The van der Waals surface area contributed by atoms with Gasteiger partial charge in [-0.05, 0) is 30.3 Å². The Kier molecular flexibility index (Phi) is 6.43. The summed E-state index contributed by atoms with van der Waals surface area (Å²) in [5, 5.41) is 6.53. The third-order valence-corrected chi connectivity index (χ3v) is 3.32. The summed E-state index contributed by atoms with van der Waals surface area (Å²) in [4.78, 5) is 27.3. The first kappa shape index (κ1) is 16.8. The highest BCUT2D eigenvalue weighted by Gasteiger charge is 2.06. The molecule has 0 radical (unpaired) electrons. The van der Waals surface area contributed by atoms with Gasteiger partial charge in [-0.15, -0.1) is 0 Å². The SMILES string of the molecule is O=C(CCC(=O)Nc1ccc(Br)cc1)N/N=C\c1cccnc1. The van der Waals surface area contributed by atoms with Gasteiger partial charge in [-0.25, -0.2) is 5.43 Å². The van der Waals surface area contributed by atoms with Crippen LogP contribution in [-0.4, -0.2) is 23.0 Å². The Morgan fingerprint density at radius 3 is 2.57 bits per heavy atom. The molecule has 0 fully saturated rings. The molecular weight excluding hydrogens is 360 g/mol. The van der Waals surface area contributed by atoms with Crippen molar-refractivity contribution in [2.75, 3.05) is 5.32 Å². The minimum atomic E-state index is -0.323. The van der Waals surface area contributed by atoms with Crippen LogP contribution in [0, 0.1) is 0 Å². The minimum Gasteiger partial charge on any atom is -0.326 e. The second-order valence-corrected chi connectivity index (χ2v) is 5.55. The molecule has 23 heavy (non-hydrogen) atoms. The molecule has 0 aliphatic rings. The van der Waals surface area contributed by atoms with Crippen LogP contribution in [0.25, 0.3) is 0 Å². The standard InChI is InChI=1S/C16H15BrN4O2/c17-13-3-5-14(6-4-13)20-15(22)7-8-16(23)21-19-11-12-2-1-9-18-10-12/h1-6,9-11H,7-8H2,(H,20,22)(H,21,23)/b19-11-. The van der Waals surface area contributed by atoms with Crippen LogP contribution in [0.4, 0.5) is 5.69 Å². The van der Waals surface area contributed by atoms with Crippen LogP contribution in [0.1, 0.15) is 18.4 Å². The minimum absolute atomic E-state index is 0.0622. The third kappa shape index (κ3) is 6.39. The maximum absolute atomic E-state index is 11.7. The molecule has 0 spiro atoms. The number of amides is 2. The highest BCUT2D eigenvalue weighted by atomic mass is 79.9. The number of hydrazone groups is 1. The summed E-state index contributed by atoms with van der Waals surface area (Å²) in [6.07, 6.45) is 4.92. The first-order valence-electron chi connectivity index (χ1n) is 6.91. The van der Waals surface area contributed by atoms with Crippen LogP contribution in [0.3, 0.4) is 0 Å². The molecule has 2 amide bonds. The molecule has 118 valence electrons. The lowest BCUT2D eigenvalue weighted by molar-refractivity contribution is -0.124. The van der Waals surface area contributed by atoms with Crippen LogP contribution in [0.2, 0.25) is 0 Å². The molecule has 2 rings (SSSR count). The van der Waals surface area contributed by atoms with E-state index in [4.69, 9.17) is 0 Å². The Hall–Kier alpha value is -2.54. The lowest BCUT2D eigenvalue weighted by Gasteiger charge is -2.04. The predicted octanol–water partition coefficient (Wildman–Crippen LogP) is 2.71. The van der Waals surface area contributed by atoms with Gasteiger partial charge in [0.25, 0.3) is 0 Å². The van der Waals surface area contributed by atoms with Crippen LogP contribution in [0.15, 0.2) is 58.4 Å². The van der Waals surface area contributed by atoms with E-state index >= 15 is 0 Å². The van der Waals surface area contributed by atoms with Crippen LogP contribution in [-0.2, 0) is 9.59 Å². The van der Waals surface area contributed by atoms with E-state index in [0.717, 1.165) is 10.0 Å². The monoisotopic (exact) mass is 374 g/mol. The molecule has 0 saturated carbocycles. The molecule has 0 atom stereocenters. The number of halogens is 1. The van der Waals surface area contributed by atoms with Gasteiger partial charge in [0.2, 0.25) is 11.8 Å². The average molecular weight is 375 g/mol. The fourth-order valence-electron chi connectivity index (χ4n) is 1.67. The maximum atomic E-state index is 11.7. The van der Waals surface area contributed by atoms with Gasteiger partial charge in [-0.1, -0.05) is 22.0 Å². The van der Waals surface area contributed by atoms with E-state index in [1.54, 1.807) is 30.6 Å². The van der Waals surface area contributed by atoms with Gasteiger partial charge in [-0.3, -0.25) is 14.6 Å². The number of nitrogens with one attached hydrogen (secondary N) is 2. The molecule has 0 bridgehead atoms. The van der Waals surface area contributed by atoms with Crippen molar-refractivity contribution in [2.24, 2.45) is 5.10 Å². The molecule has 2 N–H and O–H groups in total. The summed E-state index contributed by atoms with van der Waals surface area (Å²) in [5.41, 5.74) is 3.84. The summed E-state index contributed by atoms with van der Waals surface area (Å²) < 4.78 is 0.932. The number of rotatable bonds is 6. The third-order valence-electron chi connectivity index (χ3n) is 2.79. The lowest BCUT2D eigenvalue weighted by atomic mass is 10.2. The molecule has 7 heteroatoms. The van der Waals surface area contributed by atoms with E-state index in [9.17, 15) is 9.59 Å². The van der Waals surface area contributed by atoms with E-state index in [1.165, 1.54) is 6.21 Å². The number of aromatic nitrogens is 1. The van der Waals surface area contributed by atoms with E-state index in [1.807, 2.05) is 18.2 Å². The fraction of sp³-hybridized carbons (Fsp3) is 0.125. The quantitative estimate of drug-likeness (QED) is 0.602. The van der Waals surface area contributed by atoms with Gasteiger partial charge < -0.3 is 5.32 Å². The van der Waals surface area contributed by atoms with Crippen LogP contribution < -0.4 is 10.7 Å². The molecule has 1 aromatic carbocycles. The zero-order chi connectivity index (χ0) is 16.5. The Morgan fingerprint density at radius 2 is 1.87 bits per heavy atom. The van der Waals surface area contributed by atoms with Gasteiger partial charge in [-0.2, -0.15) is 5.10 Å². The highest BCUT2D eigenvalue weighted by molar-refractivity contribution is 9.10. The molecule has 1 heterocycles. The lowest BCUT2D eigenvalue weighted by Crippen LogP contribution is -2.20. The number of benzene rings is 1. The molecule has 0 aliphatic carbocycles. The molecular formula is C16H15BrN4O2. The number of hydrogen-bond acceptors (Lipinski definition) is 4. The molecule has 6 nitrogen and oxygen atoms in total. The van der Waals surface area contributed by atoms with E-state index < -0.39 is 0 Å². The largest absolute Gasteiger partial charge is 0.326 e. The van der Waals surface area contributed by atoms with Gasteiger partial charge in [0, 0.05) is 41.0 Å². The van der Waals surface area contributed by atoms with Crippen molar-refractivity contribution in [3.05, 3.63) is 58.8 Å². The molecule has 1 aromatic heterocycles.